The highest BCUT2D eigenvalue weighted by Gasteiger charge is 2.30. The van der Waals surface area contributed by atoms with Gasteiger partial charge in [-0.15, -0.1) is 0 Å². The van der Waals surface area contributed by atoms with Gasteiger partial charge in [-0.05, 0) is 24.5 Å². The van der Waals surface area contributed by atoms with E-state index >= 15 is 0 Å². The average Bonchev–Trinajstić information content (AvgIpc) is 3.29. The molecule has 4 unspecified atom stereocenters. The molecule has 2 rings (SSSR count). The molecule has 0 aliphatic carbocycles. The van der Waals surface area contributed by atoms with Crippen molar-refractivity contribution in [2.45, 2.75) is 43.4 Å². The van der Waals surface area contributed by atoms with Crippen molar-refractivity contribution in [1.82, 2.24) is 20.9 Å². The number of rotatable bonds is 15. The van der Waals surface area contributed by atoms with Gasteiger partial charge in [0.2, 0.25) is 17.7 Å². The van der Waals surface area contributed by atoms with E-state index in [-0.39, 0.29) is 31.1 Å². The zero-order valence-electron chi connectivity index (χ0n) is 20.6. The van der Waals surface area contributed by atoms with Crippen LogP contribution in [0.25, 0.3) is 10.9 Å². The number of carbonyl (C=O) groups excluding carboxylic acids is 3. The number of carboxylic acid groups (broad SMARTS) is 1. The fourth-order valence-corrected chi connectivity index (χ4v) is 3.84. The Bertz CT molecular complexity index is 1150. The Morgan fingerprint density at radius 2 is 1.63 bits per heavy atom. The van der Waals surface area contributed by atoms with Crippen LogP contribution in [0, 0.1) is 0 Å². The number of carboxylic acids is 1. The van der Waals surface area contributed by atoms with Gasteiger partial charge >= 0.3 is 5.97 Å². The van der Waals surface area contributed by atoms with Gasteiger partial charge in [-0.3, -0.25) is 19.4 Å². The summed E-state index contributed by atoms with van der Waals surface area (Å²) in [5.41, 5.74) is 17.9. The van der Waals surface area contributed by atoms with Crippen LogP contribution in [0.4, 0.5) is 0 Å². The molecule has 15 heteroatoms. The molecule has 1 heterocycles. The quantitative estimate of drug-likeness (QED) is 0.0488. The lowest BCUT2D eigenvalue weighted by Gasteiger charge is -2.24. The van der Waals surface area contributed by atoms with Crippen LogP contribution in [0.15, 0.2) is 35.5 Å². The largest absolute Gasteiger partial charge is 0.480 e. The van der Waals surface area contributed by atoms with Crippen LogP contribution >= 0.6 is 12.6 Å². The van der Waals surface area contributed by atoms with E-state index < -0.39 is 54.5 Å². The summed E-state index contributed by atoms with van der Waals surface area (Å²) in [7, 11) is 0. The van der Waals surface area contributed by atoms with Crippen molar-refractivity contribution in [3.63, 3.8) is 0 Å². The van der Waals surface area contributed by atoms with Gasteiger partial charge in [0.25, 0.3) is 0 Å². The lowest BCUT2D eigenvalue weighted by Crippen LogP contribution is -2.58. The molecule has 0 saturated heterocycles. The summed E-state index contributed by atoms with van der Waals surface area (Å²) in [5, 5.41) is 26.6. The van der Waals surface area contributed by atoms with Gasteiger partial charge in [-0.2, -0.15) is 12.6 Å². The molecule has 0 fully saturated rings. The van der Waals surface area contributed by atoms with Gasteiger partial charge in [0, 0.05) is 35.8 Å². The molecule has 38 heavy (non-hydrogen) atoms. The summed E-state index contributed by atoms with van der Waals surface area (Å²) in [6.07, 6.45) is 2.37. The number of nitrogens with zero attached hydrogens (tertiary/aromatic N) is 1. The highest BCUT2D eigenvalue weighted by molar-refractivity contribution is 7.80. The summed E-state index contributed by atoms with van der Waals surface area (Å²) in [4.78, 5) is 56.7. The number of amides is 3. The Balaban J connectivity index is 2.14. The number of nitrogens with two attached hydrogens (primary N) is 3. The average molecular weight is 551 g/mol. The van der Waals surface area contributed by atoms with E-state index in [9.17, 15) is 29.4 Å². The number of fused-ring (bicyclic) bond motifs is 1. The Labute approximate surface area is 224 Å². The first kappa shape index (κ1) is 30.4. The summed E-state index contributed by atoms with van der Waals surface area (Å²) >= 11 is 4.14. The minimum absolute atomic E-state index is 0.00308. The number of benzene rings is 1. The molecule has 0 aliphatic rings. The van der Waals surface area contributed by atoms with Crippen molar-refractivity contribution in [2.24, 2.45) is 22.2 Å². The molecule has 208 valence electrons. The maximum atomic E-state index is 13.0. The monoisotopic (exact) mass is 550 g/mol. The van der Waals surface area contributed by atoms with Crippen LogP contribution < -0.4 is 33.2 Å². The minimum Gasteiger partial charge on any atom is -0.480 e. The summed E-state index contributed by atoms with van der Waals surface area (Å²) in [5.74, 6) is -3.77. The molecule has 1 aromatic carbocycles. The van der Waals surface area contributed by atoms with Crippen molar-refractivity contribution < 1.29 is 29.4 Å². The van der Waals surface area contributed by atoms with Crippen LogP contribution in [0.1, 0.15) is 18.4 Å². The molecule has 0 aliphatic heterocycles. The Hall–Kier alpha value is -3.82. The van der Waals surface area contributed by atoms with Crippen molar-refractivity contribution in [3.8, 4) is 0 Å². The fraction of sp³-hybridized carbons (Fsp3) is 0.435. The number of H-pyrrole nitrogens is 1. The van der Waals surface area contributed by atoms with Crippen LogP contribution in [0.5, 0.6) is 0 Å². The van der Waals surface area contributed by atoms with Crippen LogP contribution in [0.2, 0.25) is 0 Å². The topological polar surface area (TPSA) is 251 Å². The first-order valence-corrected chi connectivity index (χ1v) is 12.4. The highest BCUT2D eigenvalue weighted by atomic mass is 32.1. The minimum atomic E-state index is -1.57. The van der Waals surface area contributed by atoms with Crippen molar-refractivity contribution in [1.29, 1.82) is 0 Å². The van der Waals surface area contributed by atoms with Crippen molar-refractivity contribution >= 4 is 53.2 Å². The van der Waals surface area contributed by atoms with Crippen molar-refractivity contribution in [2.75, 3.05) is 18.9 Å². The number of nitrogens with one attached hydrogen (secondary N) is 4. The molecule has 14 nitrogen and oxygen atoms in total. The molecule has 12 N–H and O–H groups in total. The fourth-order valence-electron chi connectivity index (χ4n) is 3.58. The number of carbonyl (C=O) groups is 4. The summed E-state index contributed by atoms with van der Waals surface area (Å²) < 4.78 is 0. The van der Waals surface area contributed by atoms with E-state index in [0.717, 1.165) is 10.9 Å². The maximum absolute atomic E-state index is 13.0. The van der Waals surface area contributed by atoms with Gasteiger partial charge in [-0.25, -0.2) is 4.79 Å². The number of guanidine groups is 1. The van der Waals surface area contributed by atoms with Gasteiger partial charge in [0.1, 0.15) is 18.1 Å². The Morgan fingerprint density at radius 1 is 1.00 bits per heavy atom. The number of aliphatic hydroxyl groups excluding tert-OH is 1. The number of para-hydroxylation sites is 1. The third-order valence-electron chi connectivity index (χ3n) is 5.65. The maximum Gasteiger partial charge on any atom is 0.328 e. The molecule has 3 amide bonds. The van der Waals surface area contributed by atoms with E-state index in [1.54, 1.807) is 6.20 Å². The highest BCUT2D eigenvalue weighted by Crippen LogP contribution is 2.19. The molecule has 0 spiro atoms. The SMILES string of the molecule is NC(N)=NCCCC(N)C(=O)NC(CS)C(=O)NC(Cc1c[nH]c2ccccc12)C(=O)NC(CO)C(=O)O. The van der Waals surface area contributed by atoms with Crippen LogP contribution in [0.3, 0.4) is 0 Å². The van der Waals surface area contributed by atoms with Gasteiger partial charge in [0.05, 0.1) is 12.6 Å². The van der Waals surface area contributed by atoms with Gasteiger partial charge in [0.15, 0.2) is 5.96 Å². The Morgan fingerprint density at radius 3 is 2.26 bits per heavy atom. The molecule has 2 aromatic rings. The lowest BCUT2D eigenvalue weighted by molar-refractivity contribution is -0.143. The zero-order valence-corrected chi connectivity index (χ0v) is 21.5. The summed E-state index contributed by atoms with van der Waals surface area (Å²) in [6, 6.07) is 2.44. The number of aliphatic carboxylic acids is 1. The molecule has 1 aromatic heterocycles. The van der Waals surface area contributed by atoms with Crippen LogP contribution in [-0.2, 0) is 25.6 Å². The Kier molecular flexibility index (Phi) is 11.8. The van der Waals surface area contributed by atoms with E-state index in [0.29, 0.717) is 12.0 Å². The van der Waals surface area contributed by atoms with Crippen molar-refractivity contribution in [3.05, 3.63) is 36.0 Å². The standard InChI is InChI=1S/C23H34N8O6S/c24-14(5-3-7-27-23(25)26)19(33)31-18(11-38)21(35)29-16(20(34)30-17(10-32)22(36)37)8-12-9-28-15-6-2-1-4-13(12)15/h1-2,4,6,9,14,16-18,28,32,38H,3,5,7-8,10-11,24H2,(H,29,35)(H,30,34)(H,31,33)(H,36,37)(H4,25,26,27). The molecule has 0 bridgehead atoms. The van der Waals surface area contributed by atoms with E-state index in [1.807, 2.05) is 24.3 Å². The smallest absolute Gasteiger partial charge is 0.328 e. The number of hydrogen-bond donors (Lipinski definition) is 10. The number of aliphatic imine (C=N–C) groups is 1. The third-order valence-corrected chi connectivity index (χ3v) is 6.01. The predicted octanol–water partition coefficient (Wildman–Crippen LogP) is -2.45. The molecule has 0 saturated carbocycles. The molecular weight excluding hydrogens is 516 g/mol. The second-order valence-electron chi connectivity index (χ2n) is 8.51. The van der Waals surface area contributed by atoms with Gasteiger partial charge < -0.3 is 48.3 Å². The number of hydrogen-bond acceptors (Lipinski definition) is 8. The number of thiol groups is 1. The second kappa shape index (κ2) is 14.8. The number of aliphatic hydroxyl groups is 1. The number of aromatic nitrogens is 1. The zero-order chi connectivity index (χ0) is 28.2. The third kappa shape index (κ3) is 8.93. The summed E-state index contributed by atoms with van der Waals surface area (Å²) in [6.45, 7) is -0.555. The number of aromatic amines is 1. The second-order valence-corrected chi connectivity index (χ2v) is 8.87. The first-order chi connectivity index (χ1) is 18.1. The van der Waals surface area contributed by atoms with Crippen LogP contribution in [-0.4, -0.2) is 87.9 Å². The molecular formula is C23H34N8O6S. The normalized spacial score (nSPS) is 14.1. The van der Waals surface area contributed by atoms with Gasteiger partial charge in [-0.1, -0.05) is 18.2 Å². The van der Waals surface area contributed by atoms with E-state index in [1.165, 1.54) is 0 Å². The first-order valence-electron chi connectivity index (χ1n) is 11.8. The molecule has 4 atom stereocenters. The van der Waals surface area contributed by atoms with E-state index in [2.05, 4.69) is 38.6 Å². The lowest BCUT2D eigenvalue weighted by atomic mass is 10.0. The predicted molar refractivity (Wildman–Crippen MR) is 144 cm³/mol. The molecule has 0 radical (unpaired) electrons. The van der Waals surface area contributed by atoms with E-state index in [4.69, 9.17) is 17.2 Å².